The highest BCUT2D eigenvalue weighted by Gasteiger charge is 2.33. The van der Waals surface area contributed by atoms with Gasteiger partial charge in [-0.15, -0.1) is 0 Å². The van der Waals surface area contributed by atoms with Crippen molar-refractivity contribution in [3.63, 3.8) is 0 Å². The van der Waals surface area contributed by atoms with Crippen LogP contribution in [0.1, 0.15) is 59.8 Å². The van der Waals surface area contributed by atoms with Gasteiger partial charge in [0.1, 0.15) is 0 Å². The lowest BCUT2D eigenvalue weighted by Gasteiger charge is -2.45. The van der Waals surface area contributed by atoms with Crippen LogP contribution in [0.2, 0.25) is 0 Å². The molecule has 0 aromatic carbocycles. The van der Waals surface area contributed by atoms with Crippen molar-refractivity contribution in [1.82, 2.24) is 10.2 Å². The second kappa shape index (κ2) is 7.08. The van der Waals surface area contributed by atoms with Crippen LogP contribution >= 0.6 is 0 Å². The lowest BCUT2D eigenvalue weighted by molar-refractivity contribution is 0.0399. The molecule has 1 aliphatic carbocycles. The van der Waals surface area contributed by atoms with Gasteiger partial charge in [0, 0.05) is 18.6 Å². The number of nitrogens with one attached hydrogen (secondary N) is 1. The highest BCUT2D eigenvalue weighted by molar-refractivity contribution is 4.87. The van der Waals surface area contributed by atoms with Crippen LogP contribution in [-0.4, -0.2) is 36.6 Å². The first-order valence-electron chi connectivity index (χ1n) is 8.56. The topological polar surface area (TPSA) is 15.3 Å². The van der Waals surface area contributed by atoms with Crippen molar-refractivity contribution >= 4 is 0 Å². The molecule has 1 heterocycles. The number of nitrogens with zero attached hydrogens (tertiary/aromatic N) is 1. The van der Waals surface area contributed by atoms with E-state index in [1.807, 2.05) is 0 Å². The molecule has 2 heteroatoms. The van der Waals surface area contributed by atoms with E-state index in [4.69, 9.17) is 0 Å². The van der Waals surface area contributed by atoms with Crippen LogP contribution in [0.5, 0.6) is 0 Å². The van der Waals surface area contributed by atoms with E-state index in [0.717, 1.165) is 23.8 Å². The van der Waals surface area contributed by atoms with Crippen molar-refractivity contribution in [2.24, 2.45) is 17.8 Å². The Hall–Kier alpha value is -0.0800. The van der Waals surface area contributed by atoms with Gasteiger partial charge in [-0.05, 0) is 64.0 Å². The summed E-state index contributed by atoms with van der Waals surface area (Å²) >= 11 is 0. The van der Waals surface area contributed by atoms with Crippen LogP contribution in [0.3, 0.4) is 0 Å². The molecule has 2 fully saturated rings. The van der Waals surface area contributed by atoms with Gasteiger partial charge in [-0.1, -0.05) is 26.7 Å². The van der Waals surface area contributed by atoms with E-state index in [1.165, 1.54) is 51.7 Å². The minimum absolute atomic E-state index is 0.702. The van der Waals surface area contributed by atoms with Gasteiger partial charge < -0.3 is 5.32 Å². The Morgan fingerprint density at radius 1 is 1.05 bits per heavy atom. The number of piperidine rings is 1. The fraction of sp³-hybridized carbons (Fsp3) is 1.00. The molecule has 112 valence electrons. The first-order valence-corrected chi connectivity index (χ1v) is 8.56. The minimum Gasteiger partial charge on any atom is -0.317 e. The van der Waals surface area contributed by atoms with E-state index in [2.05, 4.69) is 37.9 Å². The van der Waals surface area contributed by atoms with E-state index in [0.29, 0.717) is 6.04 Å². The third kappa shape index (κ3) is 3.95. The third-order valence-electron chi connectivity index (χ3n) is 5.68. The summed E-state index contributed by atoms with van der Waals surface area (Å²) in [5, 5.41) is 3.49. The summed E-state index contributed by atoms with van der Waals surface area (Å²) in [6.45, 7) is 13.5. The van der Waals surface area contributed by atoms with Crippen molar-refractivity contribution in [2.75, 3.05) is 19.6 Å². The van der Waals surface area contributed by atoms with Gasteiger partial charge >= 0.3 is 0 Å². The Labute approximate surface area is 120 Å². The molecule has 3 atom stereocenters. The molecule has 0 amide bonds. The van der Waals surface area contributed by atoms with Crippen LogP contribution in [0.15, 0.2) is 0 Å². The van der Waals surface area contributed by atoms with Crippen LogP contribution in [0.4, 0.5) is 0 Å². The average molecular weight is 266 g/mol. The van der Waals surface area contributed by atoms with Crippen molar-refractivity contribution in [3.05, 3.63) is 0 Å². The minimum atomic E-state index is 0.702. The summed E-state index contributed by atoms with van der Waals surface area (Å²) in [5.74, 6) is 2.71. The normalized spacial score (nSPS) is 34.1. The molecule has 0 aromatic rings. The molecule has 1 N–H and O–H groups in total. The highest BCUT2D eigenvalue weighted by atomic mass is 15.2. The second-order valence-corrected chi connectivity index (χ2v) is 7.32. The van der Waals surface area contributed by atoms with Gasteiger partial charge in [-0.25, -0.2) is 0 Å². The quantitative estimate of drug-likeness (QED) is 0.837. The summed E-state index contributed by atoms with van der Waals surface area (Å²) in [7, 11) is 0. The molecule has 0 spiro atoms. The molecule has 0 bridgehead atoms. The fourth-order valence-electron chi connectivity index (χ4n) is 4.11. The Kier molecular flexibility index (Phi) is 5.70. The maximum atomic E-state index is 3.49. The van der Waals surface area contributed by atoms with Gasteiger partial charge in [0.15, 0.2) is 0 Å². The lowest BCUT2D eigenvalue weighted by atomic mass is 9.76. The van der Waals surface area contributed by atoms with Crippen molar-refractivity contribution < 1.29 is 0 Å². The Bertz CT molecular complexity index is 258. The summed E-state index contributed by atoms with van der Waals surface area (Å²) < 4.78 is 0. The maximum absolute atomic E-state index is 3.49. The van der Waals surface area contributed by atoms with E-state index >= 15 is 0 Å². The average Bonchev–Trinajstić information content (AvgIpc) is 2.40. The van der Waals surface area contributed by atoms with Gasteiger partial charge in [0.05, 0.1) is 0 Å². The molecular formula is C17H34N2. The molecule has 1 aliphatic heterocycles. The van der Waals surface area contributed by atoms with Crippen LogP contribution in [-0.2, 0) is 0 Å². The predicted molar refractivity (Wildman–Crippen MR) is 83.4 cm³/mol. The van der Waals surface area contributed by atoms with Crippen molar-refractivity contribution in [3.8, 4) is 0 Å². The van der Waals surface area contributed by atoms with Gasteiger partial charge in [-0.2, -0.15) is 0 Å². The van der Waals surface area contributed by atoms with Crippen LogP contribution in [0.25, 0.3) is 0 Å². The fourth-order valence-corrected chi connectivity index (χ4v) is 4.11. The Morgan fingerprint density at radius 2 is 1.74 bits per heavy atom. The van der Waals surface area contributed by atoms with E-state index in [9.17, 15) is 0 Å². The molecule has 0 aromatic heterocycles. The molecule has 2 nitrogen and oxygen atoms in total. The Morgan fingerprint density at radius 3 is 2.37 bits per heavy atom. The second-order valence-electron chi connectivity index (χ2n) is 7.32. The van der Waals surface area contributed by atoms with Crippen molar-refractivity contribution in [2.45, 2.75) is 71.9 Å². The Balaban J connectivity index is 1.97. The SMILES string of the molecule is CC1CCCC(N(CC2CCNCC2)C(C)C)C1C. The molecular weight excluding hydrogens is 232 g/mol. The monoisotopic (exact) mass is 266 g/mol. The first kappa shape index (κ1) is 15.3. The van der Waals surface area contributed by atoms with Crippen LogP contribution < -0.4 is 5.32 Å². The van der Waals surface area contributed by atoms with E-state index in [1.54, 1.807) is 0 Å². The zero-order chi connectivity index (χ0) is 13.8. The number of rotatable bonds is 4. The molecule has 1 saturated carbocycles. The van der Waals surface area contributed by atoms with E-state index < -0.39 is 0 Å². The van der Waals surface area contributed by atoms with Gasteiger partial charge in [0.25, 0.3) is 0 Å². The summed E-state index contributed by atoms with van der Waals surface area (Å²) in [4.78, 5) is 2.84. The standard InChI is InChI=1S/C17H34N2/c1-13(2)19(12-16-8-10-18-11-9-16)17-7-5-6-14(3)15(17)4/h13-18H,5-12H2,1-4H3. The zero-order valence-electron chi connectivity index (χ0n) is 13.5. The number of hydrogen-bond donors (Lipinski definition) is 1. The molecule has 2 aliphatic rings. The van der Waals surface area contributed by atoms with E-state index in [-0.39, 0.29) is 0 Å². The molecule has 1 saturated heterocycles. The summed E-state index contributed by atoms with van der Waals surface area (Å²) in [5.41, 5.74) is 0. The maximum Gasteiger partial charge on any atom is 0.0126 e. The lowest BCUT2D eigenvalue weighted by Crippen LogP contribution is -2.50. The molecule has 2 rings (SSSR count). The summed E-state index contributed by atoms with van der Waals surface area (Å²) in [6, 6.07) is 1.53. The summed E-state index contributed by atoms with van der Waals surface area (Å²) in [6.07, 6.45) is 7.05. The molecule has 3 unspecified atom stereocenters. The first-order chi connectivity index (χ1) is 9.09. The molecule has 0 radical (unpaired) electrons. The number of hydrogen-bond acceptors (Lipinski definition) is 2. The molecule has 19 heavy (non-hydrogen) atoms. The largest absolute Gasteiger partial charge is 0.317 e. The smallest absolute Gasteiger partial charge is 0.0126 e. The van der Waals surface area contributed by atoms with Gasteiger partial charge in [0.2, 0.25) is 0 Å². The van der Waals surface area contributed by atoms with Gasteiger partial charge in [-0.3, -0.25) is 4.90 Å². The van der Waals surface area contributed by atoms with Crippen LogP contribution in [0, 0.1) is 17.8 Å². The zero-order valence-corrected chi connectivity index (χ0v) is 13.5. The third-order valence-corrected chi connectivity index (χ3v) is 5.68. The predicted octanol–water partition coefficient (Wildman–Crippen LogP) is 3.52. The van der Waals surface area contributed by atoms with Crippen molar-refractivity contribution in [1.29, 1.82) is 0 Å². The highest BCUT2D eigenvalue weighted by Crippen LogP contribution is 2.34.